The summed E-state index contributed by atoms with van der Waals surface area (Å²) in [6, 6.07) is 6.19. The fraction of sp³-hybridized carbons (Fsp3) is 0.632. The monoisotopic (exact) mass is 318 g/mol. The van der Waals surface area contributed by atoms with Gasteiger partial charge in [-0.05, 0) is 68.8 Å². The van der Waals surface area contributed by atoms with Crippen LogP contribution in [0.15, 0.2) is 18.2 Å². The zero-order valence-electron chi connectivity index (χ0n) is 14.8. The highest BCUT2D eigenvalue weighted by atomic mass is 16.5. The number of aryl methyl sites for hydroxylation is 1. The van der Waals surface area contributed by atoms with Gasteiger partial charge in [-0.1, -0.05) is 26.0 Å². The number of nitrogens with one attached hydrogen (secondary N) is 2. The van der Waals surface area contributed by atoms with E-state index in [2.05, 4.69) is 36.6 Å². The molecule has 128 valence electrons. The van der Waals surface area contributed by atoms with E-state index in [9.17, 15) is 4.79 Å². The van der Waals surface area contributed by atoms with Gasteiger partial charge in [-0.2, -0.15) is 0 Å². The Morgan fingerprint density at radius 2 is 2.17 bits per heavy atom. The molecule has 1 amide bonds. The van der Waals surface area contributed by atoms with Crippen molar-refractivity contribution >= 4 is 5.91 Å². The first kappa shape index (κ1) is 17.8. The predicted octanol–water partition coefficient (Wildman–Crippen LogP) is 3.00. The first-order valence-corrected chi connectivity index (χ1v) is 8.73. The lowest BCUT2D eigenvalue weighted by Gasteiger charge is -2.19. The molecule has 0 radical (unpaired) electrons. The summed E-state index contributed by atoms with van der Waals surface area (Å²) in [4.78, 5) is 12.2. The smallest absolute Gasteiger partial charge is 0.260 e. The molecule has 0 aromatic heterocycles. The van der Waals surface area contributed by atoms with Gasteiger partial charge in [0.25, 0.3) is 5.91 Å². The van der Waals surface area contributed by atoms with Crippen molar-refractivity contribution in [3.05, 3.63) is 29.3 Å². The molecule has 0 spiro atoms. The lowest BCUT2D eigenvalue weighted by atomic mass is 10.0. The third kappa shape index (κ3) is 5.24. The summed E-state index contributed by atoms with van der Waals surface area (Å²) < 4.78 is 5.95. The van der Waals surface area contributed by atoms with Gasteiger partial charge >= 0.3 is 0 Å². The van der Waals surface area contributed by atoms with E-state index in [-0.39, 0.29) is 5.91 Å². The van der Waals surface area contributed by atoms with E-state index in [1.165, 1.54) is 6.42 Å². The largest absolute Gasteiger partial charge is 0.481 e. The molecule has 23 heavy (non-hydrogen) atoms. The summed E-state index contributed by atoms with van der Waals surface area (Å²) in [5.41, 5.74) is 2.29. The van der Waals surface area contributed by atoms with Gasteiger partial charge in [0.15, 0.2) is 6.10 Å². The fourth-order valence-electron chi connectivity index (χ4n) is 2.97. The van der Waals surface area contributed by atoms with Crippen LogP contribution < -0.4 is 15.4 Å². The minimum atomic E-state index is -0.476. The summed E-state index contributed by atoms with van der Waals surface area (Å²) in [6.45, 7) is 11.0. The number of carbonyl (C=O) groups excluding carboxylic acids is 1. The van der Waals surface area contributed by atoms with Crippen LogP contribution in [0, 0.1) is 12.8 Å². The van der Waals surface area contributed by atoms with Crippen molar-refractivity contribution in [2.24, 2.45) is 5.92 Å². The van der Waals surface area contributed by atoms with Gasteiger partial charge in [-0.15, -0.1) is 0 Å². The van der Waals surface area contributed by atoms with E-state index in [1.807, 2.05) is 19.9 Å². The summed E-state index contributed by atoms with van der Waals surface area (Å²) in [5, 5.41) is 6.35. The second kappa shape index (κ2) is 8.34. The number of ether oxygens (including phenoxy) is 1. The van der Waals surface area contributed by atoms with Crippen LogP contribution in [0.3, 0.4) is 0 Å². The number of carbonyl (C=O) groups is 1. The Bertz CT molecular complexity index is 522. The summed E-state index contributed by atoms with van der Waals surface area (Å²) >= 11 is 0. The standard InChI is InChI=1S/C19H30N2O2/c1-13(2)17-6-5-14(3)11-18(17)23-15(4)19(22)21-10-8-16-7-9-20-12-16/h5-6,11,13,15-16,20H,7-10,12H2,1-4H3,(H,21,22). The molecule has 1 aliphatic rings. The molecule has 1 heterocycles. The van der Waals surface area contributed by atoms with Crippen molar-refractivity contribution in [3.8, 4) is 5.75 Å². The Labute approximate surface area is 140 Å². The minimum Gasteiger partial charge on any atom is -0.481 e. The SMILES string of the molecule is Cc1ccc(C(C)C)c(OC(C)C(=O)NCCC2CCNC2)c1. The molecule has 0 aliphatic carbocycles. The third-order valence-electron chi connectivity index (χ3n) is 4.48. The minimum absolute atomic E-state index is 0.0350. The van der Waals surface area contributed by atoms with Crippen LogP contribution in [0.5, 0.6) is 5.75 Å². The van der Waals surface area contributed by atoms with Gasteiger partial charge in [0, 0.05) is 6.54 Å². The highest BCUT2D eigenvalue weighted by Crippen LogP contribution is 2.28. The molecule has 0 saturated carbocycles. The van der Waals surface area contributed by atoms with Crippen molar-refractivity contribution < 1.29 is 9.53 Å². The van der Waals surface area contributed by atoms with Gasteiger partial charge in [-0.3, -0.25) is 4.79 Å². The normalized spacial score (nSPS) is 18.9. The van der Waals surface area contributed by atoms with Crippen LogP contribution in [0.2, 0.25) is 0 Å². The molecular formula is C19H30N2O2. The number of hydrogen-bond acceptors (Lipinski definition) is 3. The van der Waals surface area contributed by atoms with Crippen molar-refractivity contribution in [1.82, 2.24) is 10.6 Å². The number of benzene rings is 1. The summed E-state index contributed by atoms with van der Waals surface area (Å²) in [7, 11) is 0. The van der Waals surface area contributed by atoms with Crippen molar-refractivity contribution in [1.29, 1.82) is 0 Å². The summed E-state index contributed by atoms with van der Waals surface area (Å²) in [6.07, 6.45) is 1.77. The highest BCUT2D eigenvalue weighted by Gasteiger charge is 2.19. The van der Waals surface area contributed by atoms with E-state index in [0.717, 1.165) is 42.9 Å². The molecule has 2 N–H and O–H groups in total. The molecule has 1 aromatic rings. The maximum absolute atomic E-state index is 12.2. The quantitative estimate of drug-likeness (QED) is 0.812. The molecule has 4 nitrogen and oxygen atoms in total. The van der Waals surface area contributed by atoms with Crippen LogP contribution in [-0.4, -0.2) is 31.6 Å². The van der Waals surface area contributed by atoms with Gasteiger partial charge in [-0.25, -0.2) is 0 Å². The molecule has 2 rings (SSSR count). The van der Waals surface area contributed by atoms with E-state index in [1.54, 1.807) is 0 Å². The highest BCUT2D eigenvalue weighted by molar-refractivity contribution is 5.80. The fourth-order valence-corrected chi connectivity index (χ4v) is 2.97. The molecule has 2 unspecified atom stereocenters. The van der Waals surface area contributed by atoms with Gasteiger partial charge in [0.05, 0.1) is 0 Å². The molecule has 1 fully saturated rings. The van der Waals surface area contributed by atoms with Crippen LogP contribution in [-0.2, 0) is 4.79 Å². The number of rotatable bonds is 7. The zero-order chi connectivity index (χ0) is 16.8. The summed E-state index contributed by atoms with van der Waals surface area (Å²) in [5.74, 6) is 1.85. The van der Waals surface area contributed by atoms with Crippen molar-refractivity contribution in [2.75, 3.05) is 19.6 Å². The molecule has 4 heteroatoms. The lowest BCUT2D eigenvalue weighted by molar-refractivity contribution is -0.127. The van der Waals surface area contributed by atoms with Gasteiger partial charge in [0.2, 0.25) is 0 Å². The molecule has 1 aromatic carbocycles. The first-order valence-electron chi connectivity index (χ1n) is 8.73. The van der Waals surface area contributed by atoms with E-state index in [4.69, 9.17) is 4.74 Å². The van der Waals surface area contributed by atoms with Gasteiger partial charge < -0.3 is 15.4 Å². The lowest BCUT2D eigenvalue weighted by Crippen LogP contribution is -2.37. The average molecular weight is 318 g/mol. The molecule has 1 saturated heterocycles. The Kier molecular flexibility index (Phi) is 6.46. The maximum Gasteiger partial charge on any atom is 0.260 e. The van der Waals surface area contributed by atoms with E-state index in [0.29, 0.717) is 11.8 Å². The van der Waals surface area contributed by atoms with E-state index < -0.39 is 6.10 Å². The topological polar surface area (TPSA) is 50.4 Å². The molecule has 2 atom stereocenters. The maximum atomic E-state index is 12.2. The molecular weight excluding hydrogens is 288 g/mol. The first-order chi connectivity index (χ1) is 11.0. The third-order valence-corrected chi connectivity index (χ3v) is 4.48. The van der Waals surface area contributed by atoms with Crippen LogP contribution in [0.1, 0.15) is 50.7 Å². The second-order valence-electron chi connectivity index (χ2n) is 6.89. The predicted molar refractivity (Wildman–Crippen MR) is 94.0 cm³/mol. The van der Waals surface area contributed by atoms with Gasteiger partial charge in [0.1, 0.15) is 5.75 Å². The molecule has 0 bridgehead atoms. The number of hydrogen-bond donors (Lipinski definition) is 2. The molecule has 1 aliphatic heterocycles. The van der Waals surface area contributed by atoms with Crippen LogP contribution >= 0.6 is 0 Å². The Hall–Kier alpha value is -1.55. The Morgan fingerprint density at radius 1 is 1.39 bits per heavy atom. The zero-order valence-corrected chi connectivity index (χ0v) is 14.8. The van der Waals surface area contributed by atoms with Crippen molar-refractivity contribution in [3.63, 3.8) is 0 Å². The average Bonchev–Trinajstić information content (AvgIpc) is 3.00. The Morgan fingerprint density at radius 3 is 2.83 bits per heavy atom. The Balaban J connectivity index is 1.86. The van der Waals surface area contributed by atoms with Crippen LogP contribution in [0.4, 0.5) is 0 Å². The number of amides is 1. The van der Waals surface area contributed by atoms with Crippen LogP contribution in [0.25, 0.3) is 0 Å². The second-order valence-corrected chi connectivity index (χ2v) is 6.89. The van der Waals surface area contributed by atoms with E-state index >= 15 is 0 Å². The van der Waals surface area contributed by atoms with Crippen molar-refractivity contribution in [2.45, 2.75) is 52.6 Å².